The number of aromatic nitrogens is 1. The lowest BCUT2D eigenvalue weighted by molar-refractivity contribution is -0.126. The maximum Gasteiger partial charge on any atom is 0.223 e. The van der Waals surface area contributed by atoms with Crippen molar-refractivity contribution in [1.29, 1.82) is 0 Å². The zero-order valence-electron chi connectivity index (χ0n) is 10.7. The van der Waals surface area contributed by atoms with E-state index in [1.807, 2.05) is 24.3 Å². The number of nitrogens with one attached hydrogen (secondary N) is 2. The fourth-order valence-corrected chi connectivity index (χ4v) is 2.39. The summed E-state index contributed by atoms with van der Waals surface area (Å²) in [4.78, 5) is 16.3. The molecule has 1 fully saturated rings. The molecule has 5 heteroatoms. The van der Waals surface area contributed by atoms with Crippen molar-refractivity contribution in [1.82, 2.24) is 15.6 Å². The molecule has 1 aliphatic rings. The zero-order valence-corrected chi connectivity index (χ0v) is 10.7. The molecular weight excluding hydrogens is 242 g/mol. The first-order valence-corrected chi connectivity index (χ1v) is 6.66. The highest BCUT2D eigenvalue weighted by atomic mass is 16.3. The van der Waals surface area contributed by atoms with E-state index >= 15 is 0 Å². The minimum atomic E-state index is 0.101. The highest BCUT2D eigenvalue weighted by molar-refractivity contribution is 5.78. The molecule has 1 aromatic heterocycles. The molecule has 3 rings (SSSR count). The van der Waals surface area contributed by atoms with Crippen molar-refractivity contribution in [2.45, 2.75) is 19.4 Å². The summed E-state index contributed by atoms with van der Waals surface area (Å²) >= 11 is 0. The van der Waals surface area contributed by atoms with Crippen LogP contribution < -0.4 is 10.6 Å². The molecule has 2 aromatic rings. The topological polar surface area (TPSA) is 67.2 Å². The van der Waals surface area contributed by atoms with Crippen LogP contribution in [0.25, 0.3) is 11.1 Å². The Balaban J connectivity index is 1.60. The number of para-hydroxylation sites is 2. The van der Waals surface area contributed by atoms with Crippen LogP contribution in [-0.4, -0.2) is 24.0 Å². The number of oxazole rings is 1. The monoisotopic (exact) mass is 259 g/mol. The van der Waals surface area contributed by atoms with Gasteiger partial charge in [-0.3, -0.25) is 4.79 Å². The van der Waals surface area contributed by atoms with Crippen molar-refractivity contribution >= 4 is 17.0 Å². The van der Waals surface area contributed by atoms with Crippen molar-refractivity contribution < 1.29 is 9.21 Å². The second kappa shape index (κ2) is 5.40. The predicted molar refractivity (Wildman–Crippen MR) is 71.4 cm³/mol. The number of fused-ring (bicyclic) bond motifs is 1. The van der Waals surface area contributed by atoms with Crippen LogP contribution in [0.5, 0.6) is 0 Å². The lowest BCUT2D eigenvalue weighted by Gasteiger charge is -2.21. The molecule has 0 unspecified atom stereocenters. The van der Waals surface area contributed by atoms with Gasteiger partial charge in [-0.15, -0.1) is 0 Å². The Morgan fingerprint density at radius 2 is 2.16 bits per heavy atom. The number of amides is 1. The lowest BCUT2D eigenvalue weighted by Crippen LogP contribution is -2.37. The normalized spacial score (nSPS) is 16.6. The van der Waals surface area contributed by atoms with Crippen LogP contribution in [0.15, 0.2) is 28.7 Å². The molecule has 0 bridgehead atoms. The van der Waals surface area contributed by atoms with Gasteiger partial charge in [-0.25, -0.2) is 4.98 Å². The predicted octanol–water partition coefficient (Wildman–Crippen LogP) is 1.44. The number of hydrogen-bond donors (Lipinski definition) is 2. The van der Waals surface area contributed by atoms with Gasteiger partial charge in [0.05, 0.1) is 6.54 Å². The molecule has 5 nitrogen and oxygen atoms in total. The molecule has 1 aliphatic heterocycles. The van der Waals surface area contributed by atoms with E-state index in [0.29, 0.717) is 12.4 Å². The second-order valence-electron chi connectivity index (χ2n) is 4.82. The average molecular weight is 259 g/mol. The third kappa shape index (κ3) is 2.76. The first-order chi connectivity index (χ1) is 9.33. The average Bonchev–Trinajstić information content (AvgIpc) is 2.88. The van der Waals surface area contributed by atoms with Crippen LogP contribution in [0.4, 0.5) is 0 Å². The molecule has 100 valence electrons. The van der Waals surface area contributed by atoms with E-state index in [1.165, 1.54) is 0 Å². The van der Waals surface area contributed by atoms with Crippen LogP contribution in [0.3, 0.4) is 0 Å². The van der Waals surface area contributed by atoms with Gasteiger partial charge < -0.3 is 15.1 Å². The van der Waals surface area contributed by atoms with Gasteiger partial charge >= 0.3 is 0 Å². The summed E-state index contributed by atoms with van der Waals surface area (Å²) in [5.74, 6) is 0.776. The third-order valence-corrected chi connectivity index (χ3v) is 3.46. The minimum absolute atomic E-state index is 0.101. The molecule has 19 heavy (non-hydrogen) atoms. The van der Waals surface area contributed by atoms with Gasteiger partial charge in [0.15, 0.2) is 5.58 Å². The summed E-state index contributed by atoms with van der Waals surface area (Å²) in [5.41, 5.74) is 1.59. The fraction of sp³-hybridized carbons (Fsp3) is 0.429. The number of benzene rings is 1. The van der Waals surface area contributed by atoms with Crippen molar-refractivity contribution in [2.24, 2.45) is 5.92 Å². The molecule has 1 aromatic carbocycles. The molecule has 0 spiro atoms. The van der Waals surface area contributed by atoms with Gasteiger partial charge in [0.25, 0.3) is 0 Å². The molecule has 2 heterocycles. The van der Waals surface area contributed by atoms with E-state index in [4.69, 9.17) is 4.42 Å². The molecule has 0 radical (unpaired) electrons. The third-order valence-electron chi connectivity index (χ3n) is 3.46. The molecular formula is C14H17N3O2. The molecule has 1 amide bonds. The Bertz CT molecular complexity index is 540. The number of piperidine rings is 1. The van der Waals surface area contributed by atoms with Crippen molar-refractivity contribution in [3.05, 3.63) is 30.2 Å². The first kappa shape index (κ1) is 12.2. The van der Waals surface area contributed by atoms with Crippen LogP contribution in [0.2, 0.25) is 0 Å². The van der Waals surface area contributed by atoms with Crippen LogP contribution in [0.1, 0.15) is 18.7 Å². The lowest BCUT2D eigenvalue weighted by atomic mass is 9.97. The van der Waals surface area contributed by atoms with E-state index in [1.54, 1.807) is 0 Å². The zero-order chi connectivity index (χ0) is 13.1. The maximum absolute atomic E-state index is 12.0. The van der Waals surface area contributed by atoms with Gasteiger partial charge in [-0.05, 0) is 38.1 Å². The van der Waals surface area contributed by atoms with Crippen molar-refractivity contribution in [3.63, 3.8) is 0 Å². The van der Waals surface area contributed by atoms with E-state index in [0.717, 1.165) is 37.0 Å². The summed E-state index contributed by atoms with van der Waals surface area (Å²) in [7, 11) is 0. The van der Waals surface area contributed by atoms with Crippen molar-refractivity contribution in [3.8, 4) is 0 Å². The number of carbonyl (C=O) groups excluding carboxylic acids is 1. The summed E-state index contributed by atoms with van der Waals surface area (Å²) in [5, 5.41) is 6.16. The van der Waals surface area contributed by atoms with E-state index in [2.05, 4.69) is 15.6 Å². The Morgan fingerprint density at radius 1 is 1.37 bits per heavy atom. The van der Waals surface area contributed by atoms with Gasteiger partial charge in [-0.2, -0.15) is 0 Å². The standard InChI is InChI=1S/C14H17N3O2/c18-14(10-5-7-15-8-6-10)16-9-13-17-11-3-1-2-4-12(11)19-13/h1-4,10,15H,5-9H2,(H,16,18). The minimum Gasteiger partial charge on any atom is -0.439 e. The van der Waals surface area contributed by atoms with Gasteiger partial charge in [0.2, 0.25) is 11.8 Å². The molecule has 2 N–H and O–H groups in total. The maximum atomic E-state index is 12.0. The Morgan fingerprint density at radius 3 is 2.95 bits per heavy atom. The highest BCUT2D eigenvalue weighted by Gasteiger charge is 2.20. The summed E-state index contributed by atoms with van der Waals surface area (Å²) in [6.07, 6.45) is 1.80. The van der Waals surface area contributed by atoms with E-state index in [9.17, 15) is 4.79 Å². The SMILES string of the molecule is O=C(NCc1nc2ccccc2o1)C1CCNCC1. The Labute approximate surface area is 111 Å². The highest BCUT2D eigenvalue weighted by Crippen LogP contribution is 2.15. The number of carbonyl (C=O) groups is 1. The quantitative estimate of drug-likeness (QED) is 0.875. The molecule has 1 saturated heterocycles. The van der Waals surface area contributed by atoms with Gasteiger partial charge in [0.1, 0.15) is 5.52 Å². The van der Waals surface area contributed by atoms with Crippen molar-refractivity contribution in [2.75, 3.05) is 13.1 Å². The Kier molecular flexibility index (Phi) is 3.46. The summed E-state index contributed by atoms with van der Waals surface area (Å²) < 4.78 is 5.57. The Hall–Kier alpha value is -1.88. The first-order valence-electron chi connectivity index (χ1n) is 6.66. The summed E-state index contributed by atoms with van der Waals surface area (Å²) in [6, 6.07) is 7.60. The fourth-order valence-electron chi connectivity index (χ4n) is 2.39. The van der Waals surface area contributed by atoms with E-state index < -0.39 is 0 Å². The molecule has 0 aliphatic carbocycles. The molecule has 0 atom stereocenters. The largest absolute Gasteiger partial charge is 0.439 e. The van der Waals surface area contributed by atoms with Crippen LogP contribution in [0, 0.1) is 5.92 Å². The van der Waals surface area contributed by atoms with Gasteiger partial charge in [0, 0.05) is 5.92 Å². The van der Waals surface area contributed by atoms with Gasteiger partial charge in [-0.1, -0.05) is 12.1 Å². The van der Waals surface area contributed by atoms with E-state index in [-0.39, 0.29) is 11.8 Å². The number of rotatable bonds is 3. The second-order valence-corrected chi connectivity index (χ2v) is 4.82. The number of nitrogens with zero attached hydrogens (tertiary/aromatic N) is 1. The number of hydrogen-bond acceptors (Lipinski definition) is 4. The van der Waals surface area contributed by atoms with Crippen LogP contribution >= 0.6 is 0 Å². The smallest absolute Gasteiger partial charge is 0.223 e. The summed E-state index contributed by atoms with van der Waals surface area (Å²) in [6.45, 7) is 2.19. The van der Waals surface area contributed by atoms with Crippen LogP contribution in [-0.2, 0) is 11.3 Å². The molecule has 0 saturated carbocycles.